The summed E-state index contributed by atoms with van der Waals surface area (Å²) in [5.41, 5.74) is 0. The number of nitrogens with zero attached hydrogens (tertiary/aromatic N) is 1. The summed E-state index contributed by atoms with van der Waals surface area (Å²) in [6.07, 6.45) is 4.55. The van der Waals surface area contributed by atoms with Gasteiger partial charge in [-0.1, -0.05) is 6.42 Å². The van der Waals surface area contributed by atoms with Gasteiger partial charge in [0.1, 0.15) is 0 Å². The SMILES string of the molecule is O=C(O)C1CCCC(NC(=O)N2CC3CCC(O)C3C2)C1. The first-order chi connectivity index (χ1) is 10.0. The Labute approximate surface area is 124 Å². The largest absolute Gasteiger partial charge is 0.481 e. The Bertz CT molecular complexity index is 428. The van der Waals surface area contributed by atoms with Gasteiger partial charge in [-0.05, 0) is 38.0 Å². The minimum absolute atomic E-state index is 0.0299. The van der Waals surface area contributed by atoms with E-state index in [1.807, 2.05) is 0 Å². The summed E-state index contributed by atoms with van der Waals surface area (Å²) in [7, 11) is 0. The molecule has 0 aromatic carbocycles. The fourth-order valence-corrected chi connectivity index (χ4v) is 4.21. The van der Waals surface area contributed by atoms with Crippen LogP contribution in [0.5, 0.6) is 0 Å². The molecule has 2 aliphatic carbocycles. The molecule has 2 saturated carbocycles. The summed E-state index contributed by atoms with van der Waals surface area (Å²) in [4.78, 5) is 25.2. The Morgan fingerprint density at radius 3 is 2.62 bits per heavy atom. The van der Waals surface area contributed by atoms with Crippen molar-refractivity contribution in [1.29, 1.82) is 0 Å². The molecular weight excluding hydrogens is 272 g/mol. The van der Waals surface area contributed by atoms with Gasteiger partial charge >= 0.3 is 12.0 Å². The van der Waals surface area contributed by atoms with Crippen molar-refractivity contribution in [2.75, 3.05) is 13.1 Å². The number of likely N-dealkylation sites (tertiary alicyclic amines) is 1. The highest BCUT2D eigenvalue weighted by atomic mass is 16.4. The average Bonchev–Trinajstić information content (AvgIpc) is 3.02. The zero-order valence-corrected chi connectivity index (χ0v) is 12.2. The highest BCUT2D eigenvalue weighted by Crippen LogP contribution is 2.38. The van der Waals surface area contributed by atoms with E-state index in [9.17, 15) is 14.7 Å². The van der Waals surface area contributed by atoms with Gasteiger partial charge in [0, 0.05) is 25.0 Å². The second kappa shape index (κ2) is 5.83. The summed E-state index contributed by atoms with van der Waals surface area (Å²) in [6.45, 7) is 1.36. The minimum atomic E-state index is -0.757. The van der Waals surface area contributed by atoms with E-state index >= 15 is 0 Å². The van der Waals surface area contributed by atoms with Crippen LogP contribution < -0.4 is 5.32 Å². The number of urea groups is 1. The summed E-state index contributed by atoms with van der Waals surface area (Å²) in [5, 5.41) is 22.0. The third kappa shape index (κ3) is 3.00. The number of aliphatic hydroxyl groups excluding tert-OH is 1. The van der Waals surface area contributed by atoms with Crippen LogP contribution in [0.2, 0.25) is 0 Å². The first-order valence-electron chi connectivity index (χ1n) is 8.01. The Morgan fingerprint density at radius 2 is 1.90 bits per heavy atom. The summed E-state index contributed by atoms with van der Waals surface area (Å²) >= 11 is 0. The molecule has 6 nitrogen and oxygen atoms in total. The molecule has 3 N–H and O–H groups in total. The Morgan fingerprint density at radius 1 is 1.10 bits per heavy atom. The van der Waals surface area contributed by atoms with Crippen LogP contribution in [0, 0.1) is 17.8 Å². The standard InChI is InChI=1S/C15H24N2O4/c18-13-5-4-10-7-17(8-12(10)13)15(21)16-11-3-1-2-9(6-11)14(19)20/h9-13,18H,1-8H2,(H,16,21)(H,19,20). The number of nitrogens with one attached hydrogen (secondary N) is 1. The number of aliphatic hydroxyl groups is 1. The number of carbonyl (C=O) groups excluding carboxylic acids is 1. The molecule has 118 valence electrons. The molecule has 5 unspecified atom stereocenters. The number of aliphatic carboxylic acids is 1. The van der Waals surface area contributed by atoms with E-state index < -0.39 is 5.97 Å². The molecule has 6 heteroatoms. The normalized spacial score (nSPS) is 39.1. The first-order valence-corrected chi connectivity index (χ1v) is 8.01. The molecule has 0 aromatic heterocycles. The minimum Gasteiger partial charge on any atom is -0.481 e. The van der Waals surface area contributed by atoms with Crippen LogP contribution in [0.1, 0.15) is 38.5 Å². The lowest BCUT2D eigenvalue weighted by atomic mass is 9.86. The Balaban J connectivity index is 1.51. The van der Waals surface area contributed by atoms with Crippen LogP contribution in [-0.2, 0) is 4.79 Å². The maximum absolute atomic E-state index is 12.3. The van der Waals surface area contributed by atoms with Crippen molar-refractivity contribution in [2.24, 2.45) is 17.8 Å². The highest BCUT2D eigenvalue weighted by molar-refractivity contribution is 5.75. The van der Waals surface area contributed by atoms with Crippen LogP contribution in [0.15, 0.2) is 0 Å². The summed E-state index contributed by atoms with van der Waals surface area (Å²) < 4.78 is 0. The fourth-order valence-electron chi connectivity index (χ4n) is 4.21. The Hall–Kier alpha value is -1.30. The van der Waals surface area contributed by atoms with Crippen molar-refractivity contribution in [3.63, 3.8) is 0 Å². The van der Waals surface area contributed by atoms with E-state index in [0.717, 1.165) is 32.2 Å². The number of rotatable bonds is 2. The number of amides is 2. The first kappa shape index (κ1) is 14.6. The van der Waals surface area contributed by atoms with E-state index in [2.05, 4.69) is 5.32 Å². The van der Waals surface area contributed by atoms with E-state index in [4.69, 9.17) is 5.11 Å². The van der Waals surface area contributed by atoms with Gasteiger partial charge < -0.3 is 20.4 Å². The van der Waals surface area contributed by atoms with Crippen molar-refractivity contribution in [1.82, 2.24) is 10.2 Å². The highest BCUT2D eigenvalue weighted by Gasteiger charge is 2.43. The van der Waals surface area contributed by atoms with Crippen molar-refractivity contribution in [2.45, 2.75) is 50.7 Å². The quantitative estimate of drug-likeness (QED) is 0.710. The third-order valence-corrected chi connectivity index (χ3v) is 5.46. The van der Waals surface area contributed by atoms with E-state index in [0.29, 0.717) is 25.3 Å². The molecule has 21 heavy (non-hydrogen) atoms. The maximum atomic E-state index is 12.3. The smallest absolute Gasteiger partial charge is 0.317 e. The molecule has 1 aliphatic heterocycles. The number of carboxylic acid groups (broad SMARTS) is 1. The number of carboxylic acids is 1. The van der Waals surface area contributed by atoms with Crippen LogP contribution in [-0.4, -0.2) is 52.3 Å². The van der Waals surface area contributed by atoms with Gasteiger partial charge in [0.05, 0.1) is 12.0 Å². The zero-order chi connectivity index (χ0) is 15.0. The van der Waals surface area contributed by atoms with E-state index in [1.165, 1.54) is 0 Å². The van der Waals surface area contributed by atoms with Crippen LogP contribution >= 0.6 is 0 Å². The van der Waals surface area contributed by atoms with Crippen molar-refractivity contribution in [3.8, 4) is 0 Å². The molecule has 0 bridgehead atoms. The van der Waals surface area contributed by atoms with Gasteiger partial charge in [0.15, 0.2) is 0 Å². The molecule has 3 fully saturated rings. The predicted octanol–water partition coefficient (Wildman–Crippen LogP) is 1.04. The molecule has 2 amide bonds. The lowest BCUT2D eigenvalue weighted by molar-refractivity contribution is -0.143. The van der Waals surface area contributed by atoms with Gasteiger partial charge in [0.25, 0.3) is 0 Å². The number of carbonyl (C=O) groups is 2. The monoisotopic (exact) mass is 296 g/mol. The zero-order valence-electron chi connectivity index (χ0n) is 12.2. The lowest BCUT2D eigenvalue weighted by Gasteiger charge is -2.29. The molecule has 0 spiro atoms. The van der Waals surface area contributed by atoms with E-state index in [-0.39, 0.29) is 30.0 Å². The second-order valence-electron chi connectivity index (χ2n) is 6.82. The Kier molecular flexibility index (Phi) is 4.06. The second-order valence-corrected chi connectivity index (χ2v) is 6.82. The molecule has 5 atom stereocenters. The third-order valence-electron chi connectivity index (χ3n) is 5.46. The molecule has 3 aliphatic rings. The molecule has 1 saturated heterocycles. The number of hydrogen-bond acceptors (Lipinski definition) is 3. The maximum Gasteiger partial charge on any atom is 0.317 e. The lowest BCUT2D eigenvalue weighted by Crippen LogP contribution is -2.46. The number of fused-ring (bicyclic) bond motifs is 1. The van der Waals surface area contributed by atoms with Crippen LogP contribution in [0.25, 0.3) is 0 Å². The van der Waals surface area contributed by atoms with Gasteiger partial charge in [-0.3, -0.25) is 4.79 Å². The predicted molar refractivity (Wildman–Crippen MR) is 75.7 cm³/mol. The molecule has 0 radical (unpaired) electrons. The number of hydrogen-bond donors (Lipinski definition) is 3. The average molecular weight is 296 g/mol. The van der Waals surface area contributed by atoms with Crippen LogP contribution in [0.3, 0.4) is 0 Å². The van der Waals surface area contributed by atoms with Gasteiger partial charge in [-0.25, -0.2) is 4.79 Å². The molecule has 0 aromatic rings. The summed E-state index contributed by atoms with van der Waals surface area (Å²) in [5.74, 6) is -0.422. The van der Waals surface area contributed by atoms with Gasteiger partial charge in [0.2, 0.25) is 0 Å². The van der Waals surface area contributed by atoms with E-state index in [1.54, 1.807) is 4.90 Å². The van der Waals surface area contributed by atoms with Crippen LogP contribution in [0.4, 0.5) is 4.79 Å². The fraction of sp³-hybridized carbons (Fsp3) is 0.867. The summed E-state index contributed by atoms with van der Waals surface area (Å²) in [6, 6.07) is -0.120. The molecule has 1 heterocycles. The van der Waals surface area contributed by atoms with Gasteiger partial charge in [-0.2, -0.15) is 0 Å². The molecular formula is C15H24N2O4. The topological polar surface area (TPSA) is 89.9 Å². The van der Waals surface area contributed by atoms with Crippen molar-refractivity contribution >= 4 is 12.0 Å². The van der Waals surface area contributed by atoms with Gasteiger partial charge in [-0.15, -0.1) is 0 Å². The van der Waals surface area contributed by atoms with Crippen molar-refractivity contribution < 1.29 is 19.8 Å². The van der Waals surface area contributed by atoms with Crippen molar-refractivity contribution in [3.05, 3.63) is 0 Å². The molecule has 3 rings (SSSR count).